The Balaban J connectivity index is 0.000001000. The van der Waals surface area contributed by atoms with Crippen LogP contribution >= 0.6 is 12.4 Å². The van der Waals surface area contributed by atoms with E-state index in [1.165, 1.54) is 12.8 Å². The Morgan fingerprint density at radius 2 is 1.73 bits per heavy atom. The number of nitrogens with one attached hydrogen (secondary N) is 1. The molecule has 0 aromatic rings. The van der Waals surface area contributed by atoms with Crippen LogP contribution < -0.4 is 5.32 Å². The van der Waals surface area contributed by atoms with E-state index in [0.717, 1.165) is 6.04 Å². The molecule has 11 heavy (non-hydrogen) atoms. The van der Waals surface area contributed by atoms with Gasteiger partial charge in [0.15, 0.2) is 0 Å². The molecule has 1 saturated carbocycles. The van der Waals surface area contributed by atoms with E-state index in [4.69, 9.17) is 0 Å². The Morgan fingerprint density at radius 1 is 1.27 bits per heavy atom. The molecule has 1 nitrogen and oxygen atoms in total. The van der Waals surface area contributed by atoms with E-state index in [9.17, 15) is 0 Å². The van der Waals surface area contributed by atoms with Crippen molar-refractivity contribution >= 4 is 12.4 Å². The van der Waals surface area contributed by atoms with Gasteiger partial charge < -0.3 is 5.32 Å². The molecule has 68 valence electrons. The van der Waals surface area contributed by atoms with Gasteiger partial charge in [-0.3, -0.25) is 0 Å². The van der Waals surface area contributed by atoms with Gasteiger partial charge in [-0.25, -0.2) is 0 Å². The summed E-state index contributed by atoms with van der Waals surface area (Å²) in [7, 11) is 0. The largest absolute Gasteiger partial charge is 0.312 e. The molecule has 0 radical (unpaired) electrons. The van der Waals surface area contributed by atoms with Crippen molar-refractivity contribution in [3.05, 3.63) is 0 Å². The number of hydrogen-bond acceptors (Lipinski definition) is 1. The van der Waals surface area contributed by atoms with E-state index in [0.29, 0.717) is 11.5 Å². The number of hydrogen-bond donors (Lipinski definition) is 1. The van der Waals surface area contributed by atoms with Crippen LogP contribution in [0, 0.1) is 5.41 Å². The Bertz CT molecular complexity index is 110. The van der Waals surface area contributed by atoms with Crippen LogP contribution in [0.2, 0.25) is 0 Å². The van der Waals surface area contributed by atoms with Gasteiger partial charge in [0.25, 0.3) is 0 Å². The van der Waals surface area contributed by atoms with Crippen LogP contribution in [0.25, 0.3) is 0 Å². The van der Waals surface area contributed by atoms with Crippen LogP contribution in [0.4, 0.5) is 0 Å². The first kappa shape index (κ1) is 11.2. The van der Waals surface area contributed by atoms with Gasteiger partial charge in [-0.15, -0.1) is 12.4 Å². The lowest BCUT2D eigenvalue weighted by Crippen LogP contribution is -2.48. The predicted octanol–water partition coefficient (Wildman–Crippen LogP) is 2.59. The van der Waals surface area contributed by atoms with Crippen LogP contribution in [-0.2, 0) is 0 Å². The minimum atomic E-state index is 0. The average molecular weight is 178 g/mol. The lowest BCUT2D eigenvalue weighted by Gasteiger charge is -2.44. The number of halogens is 1. The predicted molar refractivity (Wildman–Crippen MR) is 52.3 cm³/mol. The lowest BCUT2D eigenvalue weighted by atomic mass is 9.68. The third-order valence-electron chi connectivity index (χ3n) is 2.17. The lowest BCUT2D eigenvalue weighted by molar-refractivity contribution is 0.120. The molecule has 1 aliphatic rings. The quantitative estimate of drug-likeness (QED) is 0.684. The first-order chi connectivity index (χ1) is 4.49. The zero-order valence-corrected chi connectivity index (χ0v) is 8.79. The third kappa shape index (κ3) is 3.44. The standard InChI is InChI=1S/C9H19N.ClH/c1-7(2)10-8-5-9(3,4)6-8;/h7-8,10H,5-6H2,1-4H3;1H. The maximum Gasteiger partial charge on any atom is 0.00796 e. The summed E-state index contributed by atoms with van der Waals surface area (Å²) in [6.07, 6.45) is 2.70. The molecular formula is C9H20ClN. The van der Waals surface area contributed by atoms with E-state index in [1.807, 2.05) is 0 Å². The topological polar surface area (TPSA) is 12.0 Å². The summed E-state index contributed by atoms with van der Waals surface area (Å²) in [6.45, 7) is 9.10. The normalized spacial score (nSPS) is 22.6. The molecule has 0 aromatic carbocycles. The van der Waals surface area contributed by atoms with E-state index in [2.05, 4.69) is 33.0 Å². The van der Waals surface area contributed by atoms with Crippen LogP contribution in [0.5, 0.6) is 0 Å². The Kier molecular flexibility index (Phi) is 3.86. The molecule has 0 aliphatic heterocycles. The first-order valence-corrected chi connectivity index (χ1v) is 4.26. The minimum Gasteiger partial charge on any atom is -0.312 e. The molecule has 0 saturated heterocycles. The smallest absolute Gasteiger partial charge is 0.00796 e. The summed E-state index contributed by atoms with van der Waals surface area (Å²) in [5.74, 6) is 0. The molecule has 0 aromatic heterocycles. The van der Waals surface area contributed by atoms with Gasteiger partial charge in [-0.2, -0.15) is 0 Å². The summed E-state index contributed by atoms with van der Waals surface area (Å²) in [6, 6.07) is 1.45. The number of rotatable bonds is 2. The van der Waals surface area contributed by atoms with Gasteiger partial charge in [0.1, 0.15) is 0 Å². The molecule has 0 heterocycles. The minimum absolute atomic E-state index is 0. The van der Waals surface area contributed by atoms with E-state index < -0.39 is 0 Å². The van der Waals surface area contributed by atoms with Crippen LogP contribution in [-0.4, -0.2) is 12.1 Å². The van der Waals surface area contributed by atoms with Crippen molar-refractivity contribution in [2.24, 2.45) is 5.41 Å². The van der Waals surface area contributed by atoms with Crippen molar-refractivity contribution in [3.63, 3.8) is 0 Å². The average Bonchev–Trinajstić information content (AvgIpc) is 1.57. The highest BCUT2D eigenvalue weighted by atomic mass is 35.5. The van der Waals surface area contributed by atoms with Crippen molar-refractivity contribution < 1.29 is 0 Å². The molecule has 0 atom stereocenters. The first-order valence-electron chi connectivity index (χ1n) is 4.26. The zero-order chi connectivity index (χ0) is 7.78. The highest BCUT2D eigenvalue weighted by Crippen LogP contribution is 2.39. The molecule has 1 aliphatic carbocycles. The van der Waals surface area contributed by atoms with Crippen LogP contribution in [0.3, 0.4) is 0 Å². The summed E-state index contributed by atoms with van der Waals surface area (Å²) >= 11 is 0. The molecule has 0 spiro atoms. The third-order valence-corrected chi connectivity index (χ3v) is 2.17. The van der Waals surface area contributed by atoms with Crippen LogP contribution in [0.1, 0.15) is 40.5 Å². The second-order valence-corrected chi connectivity index (χ2v) is 4.59. The molecule has 1 rings (SSSR count). The fourth-order valence-corrected chi connectivity index (χ4v) is 1.86. The van der Waals surface area contributed by atoms with E-state index in [-0.39, 0.29) is 12.4 Å². The van der Waals surface area contributed by atoms with E-state index >= 15 is 0 Å². The highest BCUT2D eigenvalue weighted by Gasteiger charge is 2.35. The Morgan fingerprint density at radius 3 is 2.00 bits per heavy atom. The SMILES string of the molecule is CC(C)NC1CC(C)(C)C1.Cl. The van der Waals surface area contributed by atoms with Gasteiger partial charge in [0.2, 0.25) is 0 Å². The van der Waals surface area contributed by atoms with Crippen molar-refractivity contribution in [2.45, 2.75) is 52.6 Å². The molecule has 1 fully saturated rings. The van der Waals surface area contributed by atoms with Gasteiger partial charge in [0, 0.05) is 12.1 Å². The summed E-state index contributed by atoms with van der Waals surface area (Å²) in [4.78, 5) is 0. The van der Waals surface area contributed by atoms with Gasteiger partial charge in [-0.1, -0.05) is 27.7 Å². The van der Waals surface area contributed by atoms with Gasteiger partial charge >= 0.3 is 0 Å². The monoisotopic (exact) mass is 177 g/mol. The maximum atomic E-state index is 3.53. The van der Waals surface area contributed by atoms with Gasteiger partial charge in [0.05, 0.1) is 0 Å². The highest BCUT2D eigenvalue weighted by molar-refractivity contribution is 5.85. The summed E-state index contributed by atoms with van der Waals surface area (Å²) in [5, 5.41) is 3.53. The molecule has 0 unspecified atom stereocenters. The Labute approximate surface area is 76.4 Å². The fraction of sp³-hybridized carbons (Fsp3) is 1.00. The van der Waals surface area contributed by atoms with Crippen LogP contribution in [0.15, 0.2) is 0 Å². The Hall–Kier alpha value is 0.250. The van der Waals surface area contributed by atoms with Crippen molar-refractivity contribution in [1.29, 1.82) is 0 Å². The second-order valence-electron chi connectivity index (χ2n) is 4.59. The summed E-state index contributed by atoms with van der Waals surface area (Å²) in [5.41, 5.74) is 0.618. The van der Waals surface area contributed by atoms with Gasteiger partial charge in [-0.05, 0) is 18.3 Å². The van der Waals surface area contributed by atoms with E-state index in [1.54, 1.807) is 0 Å². The molecule has 2 heteroatoms. The van der Waals surface area contributed by atoms with Crippen molar-refractivity contribution in [2.75, 3.05) is 0 Å². The molecule has 0 amide bonds. The summed E-state index contributed by atoms with van der Waals surface area (Å²) < 4.78 is 0. The molecule has 1 N–H and O–H groups in total. The van der Waals surface area contributed by atoms with Crippen molar-refractivity contribution in [3.8, 4) is 0 Å². The van der Waals surface area contributed by atoms with Crippen molar-refractivity contribution in [1.82, 2.24) is 5.32 Å². The molecule has 0 bridgehead atoms. The fourth-order valence-electron chi connectivity index (χ4n) is 1.86. The zero-order valence-electron chi connectivity index (χ0n) is 7.98. The molecular weight excluding hydrogens is 158 g/mol. The second kappa shape index (κ2) is 3.77. The maximum absolute atomic E-state index is 3.53.